The van der Waals surface area contributed by atoms with Gasteiger partial charge in [-0.3, -0.25) is 0 Å². The maximum Gasteiger partial charge on any atom is 0.416 e. The number of benzene rings is 1. The molecule has 2 atom stereocenters. The molecule has 2 aromatic heterocycles. The number of nitrogens with one attached hydrogen (secondary N) is 3. The van der Waals surface area contributed by atoms with Crippen LogP contribution in [0.5, 0.6) is 11.8 Å². The normalized spacial score (nSPS) is 12.6. The maximum absolute atomic E-state index is 15.0. The molecule has 14 heteroatoms. The van der Waals surface area contributed by atoms with Gasteiger partial charge in [-0.05, 0) is 30.7 Å². The van der Waals surface area contributed by atoms with E-state index in [2.05, 4.69) is 25.9 Å². The van der Waals surface area contributed by atoms with Crippen LogP contribution in [0.3, 0.4) is 0 Å². The fourth-order valence-electron chi connectivity index (χ4n) is 3.47. The van der Waals surface area contributed by atoms with Crippen LogP contribution in [0.1, 0.15) is 29.7 Å². The maximum atomic E-state index is 15.0. The average molecular weight is 534 g/mol. The minimum absolute atomic E-state index is 0.0725. The number of ether oxygens (including phenoxy) is 2. The molecule has 0 bridgehead atoms. The van der Waals surface area contributed by atoms with Gasteiger partial charge in [0.2, 0.25) is 11.8 Å². The first-order chi connectivity index (χ1) is 17.9. The summed E-state index contributed by atoms with van der Waals surface area (Å²) in [6.07, 6.45) is -5.97. The molecule has 0 fully saturated rings. The Kier molecular flexibility index (Phi) is 8.41. The Balaban J connectivity index is 2.02. The number of nitriles is 1. The Morgan fingerprint density at radius 1 is 1.05 bits per heavy atom. The quantitative estimate of drug-likeness (QED) is 0.277. The van der Waals surface area contributed by atoms with Crippen molar-refractivity contribution in [2.45, 2.75) is 25.2 Å². The number of amides is 1. The van der Waals surface area contributed by atoms with Gasteiger partial charge in [0, 0.05) is 12.1 Å². The zero-order valence-corrected chi connectivity index (χ0v) is 20.2. The second-order valence-corrected chi connectivity index (χ2v) is 7.87. The van der Waals surface area contributed by atoms with E-state index in [-0.39, 0.29) is 34.5 Å². The van der Waals surface area contributed by atoms with Crippen molar-refractivity contribution in [1.29, 1.82) is 5.26 Å². The number of carbonyl (C=O) groups is 1. The number of rotatable bonds is 9. The average Bonchev–Trinajstić information content (AvgIpc) is 2.87. The molecule has 0 saturated carbocycles. The molecule has 38 heavy (non-hydrogen) atoms. The number of aromatic nitrogens is 2. The van der Waals surface area contributed by atoms with Crippen LogP contribution in [0.2, 0.25) is 0 Å². The van der Waals surface area contributed by atoms with Gasteiger partial charge in [-0.2, -0.15) is 23.4 Å². The molecule has 0 radical (unpaired) electrons. The first-order valence-corrected chi connectivity index (χ1v) is 10.9. The molecule has 1 aromatic carbocycles. The summed E-state index contributed by atoms with van der Waals surface area (Å²) < 4.78 is 64.3. The SMILES string of the molecule is COc1cc(Nc2nc(N[C@H](c3ccc(C(F)(F)F)cc3)[C@H](C)NC(=O)O)c(F)cc2C#N)cc(OC)n1. The first kappa shape index (κ1) is 27.8. The minimum atomic E-state index is -4.58. The van der Waals surface area contributed by atoms with Crippen LogP contribution in [-0.2, 0) is 6.18 Å². The van der Waals surface area contributed by atoms with E-state index in [0.29, 0.717) is 5.69 Å². The van der Waals surface area contributed by atoms with E-state index in [0.717, 1.165) is 30.3 Å². The van der Waals surface area contributed by atoms with Crippen LogP contribution in [0.4, 0.5) is 39.7 Å². The van der Waals surface area contributed by atoms with E-state index in [1.165, 1.54) is 33.3 Å². The number of halogens is 4. The molecule has 3 rings (SSSR count). The van der Waals surface area contributed by atoms with Gasteiger partial charge in [0.25, 0.3) is 0 Å². The predicted molar refractivity (Wildman–Crippen MR) is 128 cm³/mol. The second-order valence-electron chi connectivity index (χ2n) is 7.87. The molecule has 1 amide bonds. The zero-order chi connectivity index (χ0) is 28.0. The van der Waals surface area contributed by atoms with Crippen LogP contribution >= 0.6 is 0 Å². The van der Waals surface area contributed by atoms with E-state index in [1.807, 2.05) is 6.07 Å². The third kappa shape index (κ3) is 6.69. The Morgan fingerprint density at radius 2 is 1.66 bits per heavy atom. The fourth-order valence-corrected chi connectivity index (χ4v) is 3.47. The lowest BCUT2D eigenvalue weighted by Crippen LogP contribution is -2.39. The third-order valence-electron chi connectivity index (χ3n) is 5.30. The van der Waals surface area contributed by atoms with E-state index < -0.39 is 35.7 Å². The van der Waals surface area contributed by atoms with Crippen molar-refractivity contribution in [2.75, 3.05) is 24.9 Å². The summed E-state index contributed by atoms with van der Waals surface area (Å²) >= 11 is 0. The predicted octanol–water partition coefficient (Wildman–Crippen LogP) is 5.08. The molecule has 0 aliphatic carbocycles. The highest BCUT2D eigenvalue weighted by Crippen LogP contribution is 2.32. The highest BCUT2D eigenvalue weighted by molar-refractivity contribution is 5.67. The number of methoxy groups -OCH3 is 2. The molecular weight excluding hydrogens is 512 g/mol. The summed E-state index contributed by atoms with van der Waals surface area (Å²) in [5, 5.41) is 26.5. The minimum Gasteiger partial charge on any atom is -0.481 e. The number of hydrogen-bond donors (Lipinski definition) is 4. The van der Waals surface area contributed by atoms with Crippen molar-refractivity contribution in [3.8, 4) is 17.8 Å². The van der Waals surface area contributed by atoms with Crippen LogP contribution < -0.4 is 25.4 Å². The molecule has 0 aliphatic rings. The van der Waals surface area contributed by atoms with Crippen molar-refractivity contribution in [2.24, 2.45) is 0 Å². The van der Waals surface area contributed by atoms with E-state index >= 15 is 0 Å². The molecule has 2 heterocycles. The topological polar surface area (TPSA) is 141 Å². The number of hydrogen-bond acceptors (Lipinski definition) is 8. The number of carboxylic acid groups (broad SMARTS) is 1. The van der Waals surface area contributed by atoms with Gasteiger partial charge in [-0.1, -0.05) is 12.1 Å². The van der Waals surface area contributed by atoms with Crippen molar-refractivity contribution >= 4 is 23.4 Å². The Labute approximate surface area is 214 Å². The number of alkyl halides is 3. The molecule has 0 unspecified atom stereocenters. The Bertz CT molecular complexity index is 1320. The van der Waals surface area contributed by atoms with E-state index in [9.17, 15) is 27.6 Å². The molecule has 0 aliphatic heterocycles. The first-order valence-electron chi connectivity index (χ1n) is 10.9. The highest BCUT2D eigenvalue weighted by atomic mass is 19.4. The molecule has 200 valence electrons. The van der Waals surface area contributed by atoms with Crippen LogP contribution in [-0.4, -0.2) is 41.4 Å². The number of pyridine rings is 2. The summed E-state index contributed by atoms with van der Waals surface area (Å²) in [7, 11) is 2.77. The molecular formula is C24H22F4N6O4. The smallest absolute Gasteiger partial charge is 0.416 e. The lowest BCUT2D eigenvalue weighted by Gasteiger charge is -2.27. The Hall–Kier alpha value is -4.80. The lowest BCUT2D eigenvalue weighted by molar-refractivity contribution is -0.137. The van der Waals surface area contributed by atoms with Gasteiger partial charge in [-0.25, -0.2) is 14.2 Å². The van der Waals surface area contributed by atoms with Crippen LogP contribution in [0.15, 0.2) is 42.5 Å². The third-order valence-corrected chi connectivity index (χ3v) is 5.30. The molecule has 0 spiro atoms. The van der Waals surface area contributed by atoms with Gasteiger partial charge < -0.3 is 30.5 Å². The number of nitrogens with zero attached hydrogens (tertiary/aromatic N) is 3. The van der Waals surface area contributed by atoms with E-state index in [1.54, 1.807) is 0 Å². The molecule has 10 nitrogen and oxygen atoms in total. The van der Waals surface area contributed by atoms with Gasteiger partial charge in [0.15, 0.2) is 17.5 Å². The molecule has 4 N–H and O–H groups in total. The van der Waals surface area contributed by atoms with Gasteiger partial charge in [-0.15, -0.1) is 0 Å². The van der Waals surface area contributed by atoms with Gasteiger partial charge in [0.05, 0.1) is 43.1 Å². The summed E-state index contributed by atoms with van der Waals surface area (Å²) in [6.45, 7) is 1.44. The summed E-state index contributed by atoms with van der Waals surface area (Å²) in [4.78, 5) is 19.5. The van der Waals surface area contributed by atoms with Crippen molar-refractivity contribution in [3.05, 3.63) is 65.0 Å². The lowest BCUT2D eigenvalue weighted by atomic mass is 9.98. The standard InChI is InChI=1S/C24H22F4N6O4/c1-12(30-23(35)36)20(13-4-6-15(7-5-13)24(26,27)28)33-22-17(25)8-14(11-29)21(34-22)31-16-9-18(37-2)32-19(10-16)38-3/h4-10,12,20,30H,1-3H3,(H,35,36)(H2,31,32,33,34)/t12-,20-/m0/s1. The monoisotopic (exact) mass is 534 g/mol. The van der Waals surface area contributed by atoms with E-state index in [4.69, 9.17) is 14.6 Å². The summed E-state index contributed by atoms with van der Waals surface area (Å²) in [5.74, 6) is -1.04. The summed E-state index contributed by atoms with van der Waals surface area (Å²) in [5.41, 5.74) is -0.500. The zero-order valence-electron chi connectivity index (χ0n) is 20.2. The second kappa shape index (κ2) is 11.5. The highest BCUT2D eigenvalue weighted by Gasteiger charge is 2.31. The van der Waals surface area contributed by atoms with Crippen LogP contribution in [0.25, 0.3) is 0 Å². The Morgan fingerprint density at radius 3 is 2.16 bits per heavy atom. The fraction of sp³-hybridized carbons (Fsp3) is 0.250. The van der Waals surface area contributed by atoms with Gasteiger partial charge in [0.1, 0.15) is 6.07 Å². The van der Waals surface area contributed by atoms with Crippen molar-refractivity contribution in [1.82, 2.24) is 15.3 Å². The van der Waals surface area contributed by atoms with Crippen molar-refractivity contribution in [3.63, 3.8) is 0 Å². The largest absolute Gasteiger partial charge is 0.481 e. The summed E-state index contributed by atoms with van der Waals surface area (Å²) in [6, 6.07) is 7.67. The number of anilines is 3. The van der Waals surface area contributed by atoms with Crippen molar-refractivity contribution < 1.29 is 36.9 Å². The molecule has 3 aromatic rings. The van der Waals surface area contributed by atoms with Gasteiger partial charge >= 0.3 is 12.3 Å². The molecule has 0 saturated heterocycles. The van der Waals surface area contributed by atoms with Crippen LogP contribution in [0, 0.1) is 17.1 Å².